The van der Waals surface area contributed by atoms with Crippen molar-refractivity contribution in [1.82, 2.24) is 0 Å². The van der Waals surface area contributed by atoms with Gasteiger partial charge in [0.25, 0.3) is 6.47 Å². The zero-order valence-corrected chi connectivity index (χ0v) is 6.82. The molecule has 0 aliphatic carbocycles. The fraction of sp³-hybridized carbons (Fsp3) is 0.222. The third-order valence-electron chi connectivity index (χ3n) is 1.32. The topological polar surface area (TPSA) is 35.5 Å². The lowest BCUT2D eigenvalue weighted by molar-refractivity contribution is -0.120. The van der Waals surface area contributed by atoms with Gasteiger partial charge < -0.3 is 9.47 Å². The molecule has 0 spiro atoms. The molecule has 3 heteroatoms. The number of carbonyl (C=O) groups excluding carboxylic acids is 1. The fourth-order valence-electron chi connectivity index (χ4n) is 0.837. The second kappa shape index (κ2) is 4.38. The van der Waals surface area contributed by atoms with Crippen LogP contribution >= 0.6 is 0 Å². The first-order valence-corrected chi connectivity index (χ1v) is 3.70. The molecule has 0 aliphatic heterocycles. The van der Waals surface area contributed by atoms with E-state index in [0.717, 1.165) is 5.75 Å². The van der Waals surface area contributed by atoms with Crippen molar-refractivity contribution in [3.05, 3.63) is 24.3 Å². The van der Waals surface area contributed by atoms with E-state index in [2.05, 4.69) is 4.74 Å². The average Bonchev–Trinajstić information content (AvgIpc) is 2.09. The Bertz CT molecular complexity index is 240. The summed E-state index contributed by atoms with van der Waals surface area (Å²) in [6, 6.07) is 6.86. The van der Waals surface area contributed by atoms with Gasteiger partial charge in [-0.25, -0.2) is 0 Å². The Balaban J connectivity index is 2.64. The van der Waals surface area contributed by atoms with Crippen molar-refractivity contribution < 1.29 is 14.3 Å². The second-order valence-electron chi connectivity index (χ2n) is 2.12. The van der Waals surface area contributed by atoms with Crippen molar-refractivity contribution in [2.24, 2.45) is 0 Å². The molecule has 0 saturated heterocycles. The summed E-state index contributed by atoms with van der Waals surface area (Å²) in [5.74, 6) is 1.30. The van der Waals surface area contributed by atoms with Crippen molar-refractivity contribution in [1.29, 1.82) is 0 Å². The summed E-state index contributed by atoms with van der Waals surface area (Å²) in [7, 11) is 0. The van der Waals surface area contributed by atoms with Crippen LogP contribution in [0.4, 0.5) is 0 Å². The standard InChI is InChI=1S/C9H10O3/c1-2-11-8-3-5-9(6-4-8)12-7-10/h3-7H,2H2,1H3. The normalized spacial score (nSPS) is 9.08. The molecule has 0 unspecified atom stereocenters. The Labute approximate surface area is 70.9 Å². The van der Waals surface area contributed by atoms with Gasteiger partial charge in [0.1, 0.15) is 11.5 Å². The van der Waals surface area contributed by atoms with Crippen LogP contribution < -0.4 is 9.47 Å². The highest BCUT2D eigenvalue weighted by molar-refractivity contribution is 5.45. The van der Waals surface area contributed by atoms with E-state index >= 15 is 0 Å². The molecule has 0 amide bonds. The van der Waals surface area contributed by atoms with E-state index in [1.807, 2.05) is 6.92 Å². The molecule has 1 aromatic carbocycles. The second-order valence-corrected chi connectivity index (χ2v) is 2.12. The van der Waals surface area contributed by atoms with Crippen molar-refractivity contribution in [2.45, 2.75) is 6.92 Å². The first kappa shape index (κ1) is 8.59. The van der Waals surface area contributed by atoms with Crippen molar-refractivity contribution in [3.8, 4) is 11.5 Å². The van der Waals surface area contributed by atoms with Crippen LogP contribution in [0, 0.1) is 0 Å². The minimum atomic E-state index is 0.398. The summed E-state index contributed by atoms with van der Waals surface area (Å²) in [5.41, 5.74) is 0. The van der Waals surface area contributed by atoms with Crippen LogP contribution in [-0.4, -0.2) is 13.1 Å². The highest BCUT2D eigenvalue weighted by atomic mass is 16.5. The van der Waals surface area contributed by atoms with E-state index in [4.69, 9.17) is 4.74 Å². The maximum Gasteiger partial charge on any atom is 0.298 e. The van der Waals surface area contributed by atoms with Gasteiger partial charge in [-0.2, -0.15) is 0 Å². The Kier molecular flexibility index (Phi) is 3.14. The van der Waals surface area contributed by atoms with Crippen LogP contribution in [0.3, 0.4) is 0 Å². The molecular weight excluding hydrogens is 156 g/mol. The zero-order chi connectivity index (χ0) is 8.81. The van der Waals surface area contributed by atoms with Gasteiger partial charge in [0.15, 0.2) is 0 Å². The Hall–Kier alpha value is -1.51. The molecule has 64 valence electrons. The molecule has 12 heavy (non-hydrogen) atoms. The molecule has 0 saturated carbocycles. The molecule has 0 radical (unpaired) electrons. The van der Waals surface area contributed by atoms with E-state index in [1.54, 1.807) is 24.3 Å². The summed E-state index contributed by atoms with van der Waals surface area (Å²) in [6.07, 6.45) is 0. The quantitative estimate of drug-likeness (QED) is 0.637. The van der Waals surface area contributed by atoms with E-state index in [9.17, 15) is 4.79 Å². The lowest BCUT2D eigenvalue weighted by atomic mass is 10.3. The summed E-state index contributed by atoms with van der Waals surface area (Å²) in [6.45, 7) is 2.94. The summed E-state index contributed by atoms with van der Waals surface area (Å²) in [5, 5.41) is 0. The first-order chi connectivity index (χ1) is 5.86. The smallest absolute Gasteiger partial charge is 0.298 e. The maximum atomic E-state index is 9.93. The molecule has 1 aromatic rings. The Morgan fingerprint density at radius 1 is 1.25 bits per heavy atom. The molecule has 3 nitrogen and oxygen atoms in total. The highest BCUT2D eigenvalue weighted by Gasteiger charge is 1.93. The SMILES string of the molecule is CCOc1ccc(OC=O)cc1. The monoisotopic (exact) mass is 166 g/mol. The summed E-state index contributed by atoms with van der Waals surface area (Å²) >= 11 is 0. The van der Waals surface area contributed by atoms with Crippen molar-refractivity contribution in [2.75, 3.05) is 6.61 Å². The van der Waals surface area contributed by atoms with Gasteiger partial charge in [0.05, 0.1) is 6.61 Å². The third-order valence-corrected chi connectivity index (χ3v) is 1.32. The number of carbonyl (C=O) groups is 1. The Morgan fingerprint density at radius 3 is 2.33 bits per heavy atom. The highest BCUT2D eigenvalue weighted by Crippen LogP contribution is 2.16. The number of benzene rings is 1. The number of hydrogen-bond donors (Lipinski definition) is 0. The van der Waals surface area contributed by atoms with Crippen LogP contribution in [0.5, 0.6) is 11.5 Å². The largest absolute Gasteiger partial charge is 0.494 e. The molecule has 0 heterocycles. The van der Waals surface area contributed by atoms with Crippen molar-refractivity contribution >= 4 is 6.47 Å². The van der Waals surface area contributed by atoms with E-state index in [1.165, 1.54) is 0 Å². The minimum absolute atomic E-state index is 0.398. The third kappa shape index (κ3) is 2.27. The lowest BCUT2D eigenvalue weighted by Gasteiger charge is -2.02. The zero-order valence-electron chi connectivity index (χ0n) is 6.82. The first-order valence-electron chi connectivity index (χ1n) is 3.70. The lowest BCUT2D eigenvalue weighted by Crippen LogP contribution is -1.92. The molecule has 0 atom stereocenters. The van der Waals surface area contributed by atoms with Crippen LogP contribution in [0.25, 0.3) is 0 Å². The van der Waals surface area contributed by atoms with Gasteiger partial charge in [-0.1, -0.05) is 0 Å². The number of ether oxygens (including phenoxy) is 2. The van der Waals surface area contributed by atoms with Gasteiger partial charge in [0.2, 0.25) is 0 Å². The van der Waals surface area contributed by atoms with Crippen molar-refractivity contribution in [3.63, 3.8) is 0 Å². The summed E-state index contributed by atoms with van der Waals surface area (Å²) in [4.78, 5) is 9.93. The summed E-state index contributed by atoms with van der Waals surface area (Å²) < 4.78 is 9.80. The van der Waals surface area contributed by atoms with E-state index in [-0.39, 0.29) is 0 Å². The van der Waals surface area contributed by atoms with Gasteiger partial charge >= 0.3 is 0 Å². The predicted molar refractivity (Wildman–Crippen MR) is 44.3 cm³/mol. The van der Waals surface area contributed by atoms with Gasteiger partial charge in [-0.05, 0) is 31.2 Å². The molecular formula is C9H10O3. The Morgan fingerprint density at radius 2 is 1.83 bits per heavy atom. The minimum Gasteiger partial charge on any atom is -0.494 e. The average molecular weight is 166 g/mol. The number of hydrogen-bond acceptors (Lipinski definition) is 3. The van der Waals surface area contributed by atoms with Gasteiger partial charge in [-0.3, -0.25) is 4.79 Å². The molecule has 0 N–H and O–H groups in total. The fourth-order valence-corrected chi connectivity index (χ4v) is 0.837. The maximum absolute atomic E-state index is 9.93. The van der Waals surface area contributed by atoms with E-state index < -0.39 is 0 Å². The number of rotatable bonds is 4. The molecule has 1 rings (SSSR count). The molecule has 0 aromatic heterocycles. The molecule has 0 fully saturated rings. The van der Waals surface area contributed by atoms with Crippen LogP contribution in [0.2, 0.25) is 0 Å². The van der Waals surface area contributed by atoms with E-state index in [0.29, 0.717) is 18.8 Å². The van der Waals surface area contributed by atoms with Crippen LogP contribution in [0.1, 0.15) is 6.92 Å². The predicted octanol–water partition coefficient (Wildman–Crippen LogP) is 1.62. The molecule has 0 aliphatic rings. The molecule has 0 bridgehead atoms. The van der Waals surface area contributed by atoms with Crippen LogP contribution in [0.15, 0.2) is 24.3 Å². The van der Waals surface area contributed by atoms with Gasteiger partial charge in [-0.15, -0.1) is 0 Å². The van der Waals surface area contributed by atoms with Crippen LogP contribution in [-0.2, 0) is 4.79 Å². The van der Waals surface area contributed by atoms with Gasteiger partial charge in [0, 0.05) is 0 Å².